The molecule has 0 saturated heterocycles. The summed E-state index contributed by atoms with van der Waals surface area (Å²) in [6.45, 7) is 6.29. The number of halogens is 1. The minimum Gasteiger partial charge on any atom is -0.325 e. The van der Waals surface area contributed by atoms with Crippen molar-refractivity contribution in [3.63, 3.8) is 0 Å². The third-order valence-electron chi connectivity index (χ3n) is 5.09. The van der Waals surface area contributed by atoms with Crippen LogP contribution in [0.5, 0.6) is 0 Å². The van der Waals surface area contributed by atoms with Gasteiger partial charge in [-0.1, -0.05) is 59.3 Å². The number of hydrogen-bond acceptors (Lipinski definition) is 5. The van der Waals surface area contributed by atoms with Crippen molar-refractivity contribution in [3.8, 4) is 0 Å². The molecule has 0 radical (unpaired) electrons. The zero-order chi connectivity index (χ0) is 22.8. The largest absolute Gasteiger partial charge is 0.325 e. The molecular formula is C24H22ClN3O2S2. The highest BCUT2D eigenvalue weighted by Gasteiger charge is 2.16. The zero-order valence-corrected chi connectivity index (χ0v) is 20.3. The fourth-order valence-electron chi connectivity index (χ4n) is 3.65. The summed E-state index contributed by atoms with van der Waals surface area (Å²) >= 11 is 8.94. The Kier molecular flexibility index (Phi) is 6.69. The Morgan fingerprint density at radius 1 is 1.16 bits per heavy atom. The second-order valence-electron chi connectivity index (χ2n) is 7.62. The molecule has 32 heavy (non-hydrogen) atoms. The quantitative estimate of drug-likeness (QED) is 0.277. The number of carbonyl (C=O) groups is 1. The number of rotatable bonds is 6. The number of thiophene rings is 1. The van der Waals surface area contributed by atoms with E-state index in [0.29, 0.717) is 26.9 Å². The van der Waals surface area contributed by atoms with Crippen molar-refractivity contribution in [1.29, 1.82) is 0 Å². The van der Waals surface area contributed by atoms with E-state index in [1.165, 1.54) is 23.1 Å². The first-order valence-corrected chi connectivity index (χ1v) is 12.3. The first-order valence-electron chi connectivity index (χ1n) is 10.1. The Labute approximate surface area is 199 Å². The lowest BCUT2D eigenvalue weighted by Crippen LogP contribution is -2.24. The fourth-order valence-corrected chi connectivity index (χ4v) is 5.43. The van der Waals surface area contributed by atoms with E-state index >= 15 is 0 Å². The molecule has 0 aliphatic carbocycles. The number of fused-ring (bicyclic) bond motifs is 1. The van der Waals surface area contributed by atoms with Crippen molar-refractivity contribution in [2.24, 2.45) is 0 Å². The Morgan fingerprint density at radius 2 is 1.88 bits per heavy atom. The average molecular weight is 484 g/mol. The molecule has 0 aliphatic rings. The minimum atomic E-state index is -0.144. The van der Waals surface area contributed by atoms with Crippen LogP contribution < -0.4 is 10.9 Å². The molecular weight excluding hydrogens is 462 g/mol. The van der Waals surface area contributed by atoms with Crippen molar-refractivity contribution >= 4 is 56.5 Å². The molecule has 164 valence electrons. The number of aromatic nitrogens is 2. The molecule has 0 atom stereocenters. The van der Waals surface area contributed by atoms with Gasteiger partial charge in [-0.3, -0.25) is 14.2 Å². The standard InChI is InChI=1S/C24H22ClN3O2S2/c1-14-10-15(2)21(16(3)11-14)27-20(29)13-32-24-26-19-8-9-31-22(19)23(30)28(24)12-17-6-4-5-7-18(17)25/h4-11H,12-13H2,1-3H3,(H,27,29). The Bertz CT molecular complexity index is 1350. The number of thioether (sulfide) groups is 1. The molecule has 4 aromatic rings. The SMILES string of the molecule is Cc1cc(C)c(NC(=O)CSc2nc3ccsc3c(=O)n2Cc2ccccc2Cl)c(C)c1. The van der Waals surface area contributed by atoms with Gasteiger partial charge in [0, 0.05) is 10.7 Å². The monoisotopic (exact) mass is 483 g/mol. The third kappa shape index (κ3) is 4.75. The Balaban J connectivity index is 1.60. The molecule has 0 saturated carbocycles. The second-order valence-corrected chi connectivity index (χ2v) is 9.89. The summed E-state index contributed by atoms with van der Waals surface area (Å²) in [5.74, 6) is -0.00816. The van der Waals surface area contributed by atoms with Crippen LogP contribution in [0.4, 0.5) is 5.69 Å². The van der Waals surface area contributed by atoms with Gasteiger partial charge in [0.1, 0.15) is 4.70 Å². The lowest BCUT2D eigenvalue weighted by atomic mass is 10.1. The maximum Gasteiger partial charge on any atom is 0.272 e. The molecule has 4 rings (SSSR count). The van der Waals surface area contributed by atoms with Gasteiger partial charge in [0.15, 0.2) is 5.16 Å². The maximum absolute atomic E-state index is 13.2. The van der Waals surface area contributed by atoms with Crippen molar-refractivity contribution < 1.29 is 4.79 Å². The summed E-state index contributed by atoms with van der Waals surface area (Å²) in [7, 11) is 0. The van der Waals surface area contributed by atoms with Gasteiger partial charge < -0.3 is 5.32 Å². The van der Waals surface area contributed by atoms with E-state index in [9.17, 15) is 9.59 Å². The highest BCUT2D eigenvalue weighted by molar-refractivity contribution is 7.99. The summed E-state index contributed by atoms with van der Waals surface area (Å²) in [5, 5.41) is 5.94. The van der Waals surface area contributed by atoms with Crippen molar-refractivity contribution in [2.45, 2.75) is 32.5 Å². The number of carbonyl (C=O) groups excluding carboxylic acids is 1. The van der Waals surface area contributed by atoms with Crippen LogP contribution in [0.3, 0.4) is 0 Å². The lowest BCUT2D eigenvalue weighted by Gasteiger charge is -2.14. The molecule has 0 unspecified atom stereocenters. The van der Waals surface area contributed by atoms with E-state index < -0.39 is 0 Å². The predicted octanol–water partition coefficient (Wildman–Crippen LogP) is 5.82. The molecule has 2 aromatic heterocycles. The van der Waals surface area contributed by atoms with E-state index in [4.69, 9.17) is 11.6 Å². The second kappa shape index (κ2) is 9.48. The summed E-state index contributed by atoms with van der Waals surface area (Å²) in [6, 6.07) is 13.3. The van der Waals surface area contributed by atoms with E-state index in [0.717, 1.165) is 27.9 Å². The van der Waals surface area contributed by atoms with Crippen LogP contribution >= 0.6 is 34.7 Å². The topological polar surface area (TPSA) is 64.0 Å². The van der Waals surface area contributed by atoms with Gasteiger partial charge in [-0.05, 0) is 55.0 Å². The normalized spacial score (nSPS) is 11.1. The number of nitrogens with zero attached hydrogens (tertiary/aromatic N) is 2. The summed E-state index contributed by atoms with van der Waals surface area (Å²) in [6.07, 6.45) is 0. The molecule has 5 nitrogen and oxygen atoms in total. The minimum absolute atomic E-state index is 0.127. The van der Waals surface area contributed by atoms with Gasteiger partial charge in [-0.15, -0.1) is 11.3 Å². The van der Waals surface area contributed by atoms with Crippen molar-refractivity contribution in [3.05, 3.63) is 85.5 Å². The van der Waals surface area contributed by atoms with Gasteiger partial charge in [-0.25, -0.2) is 4.98 Å². The number of hydrogen-bond donors (Lipinski definition) is 1. The molecule has 8 heteroatoms. The number of benzene rings is 2. The molecule has 0 bridgehead atoms. The van der Waals surface area contributed by atoms with Crippen LogP contribution in [0, 0.1) is 20.8 Å². The van der Waals surface area contributed by atoms with Crippen molar-refractivity contribution in [1.82, 2.24) is 9.55 Å². The van der Waals surface area contributed by atoms with Crippen molar-refractivity contribution in [2.75, 3.05) is 11.1 Å². The van der Waals surface area contributed by atoms with Gasteiger partial charge in [0.2, 0.25) is 5.91 Å². The average Bonchev–Trinajstić information content (AvgIpc) is 3.21. The van der Waals surface area contributed by atoms with E-state index in [1.54, 1.807) is 10.6 Å². The number of aryl methyl sites for hydroxylation is 3. The number of nitrogens with one attached hydrogen (secondary N) is 1. The summed E-state index contributed by atoms with van der Waals surface area (Å²) in [5.41, 5.74) is 5.37. The van der Waals surface area contributed by atoms with Gasteiger partial charge in [-0.2, -0.15) is 0 Å². The van der Waals surface area contributed by atoms with Gasteiger partial charge >= 0.3 is 0 Å². The maximum atomic E-state index is 13.2. The first-order chi connectivity index (χ1) is 15.3. The summed E-state index contributed by atoms with van der Waals surface area (Å²) in [4.78, 5) is 30.6. The molecule has 0 spiro atoms. The Hall–Kier alpha value is -2.61. The van der Waals surface area contributed by atoms with E-state index in [-0.39, 0.29) is 17.2 Å². The van der Waals surface area contributed by atoms with Crippen LogP contribution in [0.2, 0.25) is 5.02 Å². The van der Waals surface area contributed by atoms with Crippen LogP contribution in [-0.2, 0) is 11.3 Å². The molecule has 0 fully saturated rings. The van der Waals surface area contributed by atoms with Crippen LogP contribution in [0.1, 0.15) is 22.3 Å². The fraction of sp³-hybridized carbons (Fsp3) is 0.208. The van der Waals surface area contributed by atoms with Crippen LogP contribution in [0.15, 0.2) is 57.8 Å². The molecule has 1 N–H and O–H groups in total. The smallest absolute Gasteiger partial charge is 0.272 e. The van der Waals surface area contributed by atoms with Crippen LogP contribution in [-0.4, -0.2) is 21.2 Å². The molecule has 2 aromatic carbocycles. The highest BCUT2D eigenvalue weighted by Crippen LogP contribution is 2.25. The highest BCUT2D eigenvalue weighted by atomic mass is 35.5. The molecule has 0 aliphatic heterocycles. The van der Waals surface area contributed by atoms with E-state index in [1.807, 2.05) is 62.5 Å². The van der Waals surface area contributed by atoms with Gasteiger partial charge in [0.25, 0.3) is 5.56 Å². The lowest BCUT2D eigenvalue weighted by molar-refractivity contribution is -0.113. The first kappa shape index (κ1) is 22.6. The third-order valence-corrected chi connectivity index (χ3v) is 7.33. The van der Waals surface area contributed by atoms with Crippen LogP contribution in [0.25, 0.3) is 10.2 Å². The molecule has 1 amide bonds. The molecule has 2 heterocycles. The zero-order valence-electron chi connectivity index (χ0n) is 17.9. The van der Waals surface area contributed by atoms with E-state index in [2.05, 4.69) is 10.3 Å². The predicted molar refractivity (Wildman–Crippen MR) is 134 cm³/mol. The van der Waals surface area contributed by atoms with Gasteiger partial charge in [0.05, 0.1) is 17.8 Å². The number of anilines is 1. The number of amides is 1. The Morgan fingerprint density at radius 3 is 2.59 bits per heavy atom. The summed E-state index contributed by atoms with van der Waals surface area (Å²) < 4.78 is 2.19.